The zero-order chi connectivity index (χ0) is 13.2. The van der Waals surface area contributed by atoms with Gasteiger partial charge in [-0.15, -0.1) is 11.3 Å². The number of hydrogen-bond donors (Lipinski definition) is 2. The molecule has 2 fully saturated rings. The van der Waals surface area contributed by atoms with Gasteiger partial charge in [0.1, 0.15) is 0 Å². The minimum absolute atomic E-state index is 0.112. The van der Waals surface area contributed by atoms with Crippen molar-refractivity contribution in [1.82, 2.24) is 5.32 Å². The van der Waals surface area contributed by atoms with Crippen molar-refractivity contribution in [2.24, 2.45) is 11.8 Å². The Kier molecular flexibility index (Phi) is 3.89. The summed E-state index contributed by atoms with van der Waals surface area (Å²) < 4.78 is 0. The highest BCUT2D eigenvalue weighted by Crippen LogP contribution is 2.43. The van der Waals surface area contributed by atoms with Crippen LogP contribution in [0.3, 0.4) is 0 Å². The number of rotatable bonds is 5. The summed E-state index contributed by atoms with van der Waals surface area (Å²) >= 11 is 1.84. The van der Waals surface area contributed by atoms with Crippen molar-refractivity contribution in [2.75, 3.05) is 0 Å². The van der Waals surface area contributed by atoms with Crippen molar-refractivity contribution in [3.8, 4) is 0 Å². The zero-order valence-corrected chi connectivity index (χ0v) is 11.9. The Hall–Kier alpha value is -0.870. The van der Waals surface area contributed by atoms with Crippen LogP contribution >= 0.6 is 11.3 Å². The smallest absolute Gasteiger partial charge is 0.306 e. The normalized spacial score (nSPS) is 29.1. The molecule has 2 N–H and O–H groups in total. The molecule has 1 atom stereocenters. The number of hydrogen-bond acceptors (Lipinski definition) is 3. The second-order valence-corrected chi connectivity index (χ2v) is 6.86. The van der Waals surface area contributed by atoms with Gasteiger partial charge in [0.2, 0.25) is 0 Å². The van der Waals surface area contributed by atoms with E-state index >= 15 is 0 Å². The molecule has 0 spiro atoms. The van der Waals surface area contributed by atoms with Crippen LogP contribution in [0, 0.1) is 11.8 Å². The summed E-state index contributed by atoms with van der Waals surface area (Å²) in [6, 6.07) is 5.36. The molecule has 2 saturated carbocycles. The van der Waals surface area contributed by atoms with Crippen molar-refractivity contribution >= 4 is 17.3 Å². The average Bonchev–Trinajstić information content (AvgIpc) is 3.11. The fourth-order valence-electron chi connectivity index (χ4n) is 3.11. The molecule has 0 bridgehead atoms. The molecule has 3 rings (SSSR count). The molecule has 4 heteroatoms. The second kappa shape index (κ2) is 5.63. The summed E-state index contributed by atoms with van der Waals surface area (Å²) in [5.41, 5.74) is 0. The number of nitrogens with one attached hydrogen (secondary N) is 1. The largest absolute Gasteiger partial charge is 0.481 e. The first-order valence-corrected chi connectivity index (χ1v) is 8.14. The topological polar surface area (TPSA) is 49.3 Å². The van der Waals surface area contributed by atoms with Gasteiger partial charge in [0.05, 0.1) is 5.92 Å². The Morgan fingerprint density at radius 3 is 2.53 bits per heavy atom. The third-order valence-electron chi connectivity index (χ3n) is 4.43. The first-order valence-electron chi connectivity index (χ1n) is 7.26. The summed E-state index contributed by atoms with van der Waals surface area (Å²) in [5.74, 6) is 0.0745. The third kappa shape index (κ3) is 3.18. The Morgan fingerprint density at radius 2 is 2.00 bits per heavy atom. The highest BCUT2D eigenvalue weighted by molar-refractivity contribution is 7.10. The maximum atomic E-state index is 11.0. The molecule has 104 valence electrons. The highest BCUT2D eigenvalue weighted by Gasteiger charge is 2.35. The molecule has 1 aromatic rings. The van der Waals surface area contributed by atoms with Gasteiger partial charge in [0.15, 0.2) is 0 Å². The van der Waals surface area contributed by atoms with Gasteiger partial charge in [-0.25, -0.2) is 0 Å². The number of carboxylic acid groups (broad SMARTS) is 1. The van der Waals surface area contributed by atoms with Crippen molar-refractivity contribution < 1.29 is 9.90 Å². The van der Waals surface area contributed by atoms with E-state index in [0.29, 0.717) is 12.1 Å². The number of carboxylic acids is 1. The number of aliphatic carboxylic acids is 1. The molecule has 0 aromatic carbocycles. The van der Waals surface area contributed by atoms with Crippen LogP contribution in [0.1, 0.15) is 49.4 Å². The van der Waals surface area contributed by atoms with Crippen LogP contribution in [-0.4, -0.2) is 17.1 Å². The van der Waals surface area contributed by atoms with E-state index in [4.69, 9.17) is 5.11 Å². The highest BCUT2D eigenvalue weighted by atomic mass is 32.1. The van der Waals surface area contributed by atoms with Gasteiger partial charge in [-0.2, -0.15) is 0 Å². The Balaban J connectivity index is 1.57. The Morgan fingerprint density at radius 1 is 1.26 bits per heavy atom. The van der Waals surface area contributed by atoms with E-state index in [1.165, 1.54) is 17.7 Å². The summed E-state index contributed by atoms with van der Waals surface area (Å²) in [5, 5.41) is 15.0. The molecule has 2 aliphatic carbocycles. The number of carbonyl (C=O) groups is 1. The predicted molar refractivity (Wildman–Crippen MR) is 76.3 cm³/mol. The molecule has 1 unspecified atom stereocenters. The van der Waals surface area contributed by atoms with Crippen LogP contribution in [0.25, 0.3) is 0 Å². The lowest BCUT2D eigenvalue weighted by Gasteiger charge is -2.30. The molecule has 0 radical (unpaired) electrons. The molecule has 1 aromatic heterocycles. The van der Waals surface area contributed by atoms with Crippen LogP contribution in [-0.2, 0) is 4.79 Å². The van der Waals surface area contributed by atoms with Crippen LogP contribution < -0.4 is 5.32 Å². The fourth-order valence-corrected chi connectivity index (χ4v) is 3.99. The minimum atomic E-state index is -0.615. The van der Waals surface area contributed by atoms with E-state index in [0.717, 1.165) is 31.6 Å². The van der Waals surface area contributed by atoms with E-state index in [9.17, 15) is 4.79 Å². The van der Waals surface area contributed by atoms with Crippen LogP contribution in [0.15, 0.2) is 17.5 Å². The van der Waals surface area contributed by atoms with Gasteiger partial charge in [-0.1, -0.05) is 6.07 Å². The lowest BCUT2D eigenvalue weighted by molar-refractivity contribution is -0.142. The fraction of sp³-hybridized carbons (Fsp3) is 0.667. The van der Waals surface area contributed by atoms with Crippen molar-refractivity contribution in [2.45, 2.75) is 50.6 Å². The van der Waals surface area contributed by atoms with E-state index in [2.05, 4.69) is 22.8 Å². The molecule has 0 amide bonds. The maximum Gasteiger partial charge on any atom is 0.306 e. The molecule has 0 aliphatic heterocycles. The Bertz CT molecular complexity index is 419. The van der Waals surface area contributed by atoms with E-state index < -0.39 is 5.97 Å². The summed E-state index contributed by atoms with van der Waals surface area (Å²) in [6.07, 6.45) is 6.33. The molecule has 1 heterocycles. The maximum absolute atomic E-state index is 11.0. The quantitative estimate of drug-likeness (QED) is 0.868. The van der Waals surface area contributed by atoms with Crippen LogP contribution in [0.5, 0.6) is 0 Å². The first-order chi connectivity index (χ1) is 9.24. The lowest BCUT2D eigenvalue weighted by atomic mass is 9.85. The summed E-state index contributed by atoms with van der Waals surface area (Å²) in [4.78, 5) is 12.4. The molecule has 2 aliphatic rings. The molecular weight excluding hydrogens is 258 g/mol. The zero-order valence-electron chi connectivity index (χ0n) is 11.0. The van der Waals surface area contributed by atoms with E-state index in [1.807, 2.05) is 11.3 Å². The van der Waals surface area contributed by atoms with Crippen LogP contribution in [0.4, 0.5) is 0 Å². The van der Waals surface area contributed by atoms with Gasteiger partial charge >= 0.3 is 5.97 Å². The van der Waals surface area contributed by atoms with E-state index in [1.54, 1.807) is 0 Å². The number of thiophene rings is 1. The van der Waals surface area contributed by atoms with Gasteiger partial charge in [-0.3, -0.25) is 4.79 Å². The average molecular weight is 279 g/mol. The summed E-state index contributed by atoms with van der Waals surface area (Å²) in [7, 11) is 0. The second-order valence-electron chi connectivity index (χ2n) is 5.88. The molecule has 3 nitrogen and oxygen atoms in total. The van der Waals surface area contributed by atoms with Gasteiger partial charge in [0, 0.05) is 17.0 Å². The van der Waals surface area contributed by atoms with Crippen LogP contribution in [0.2, 0.25) is 0 Å². The third-order valence-corrected chi connectivity index (χ3v) is 5.39. The Labute approximate surface area is 118 Å². The SMILES string of the molecule is O=C(O)C1CCC(NC(c2cccs2)C2CC2)CC1. The summed E-state index contributed by atoms with van der Waals surface area (Å²) in [6.45, 7) is 0. The lowest BCUT2D eigenvalue weighted by Crippen LogP contribution is -2.37. The van der Waals surface area contributed by atoms with Gasteiger partial charge in [-0.05, 0) is 55.9 Å². The van der Waals surface area contributed by atoms with Crippen molar-refractivity contribution in [3.63, 3.8) is 0 Å². The molecular formula is C15H21NO2S. The van der Waals surface area contributed by atoms with Crippen molar-refractivity contribution in [3.05, 3.63) is 22.4 Å². The van der Waals surface area contributed by atoms with Gasteiger partial charge in [0.25, 0.3) is 0 Å². The predicted octanol–water partition coefficient (Wildman–Crippen LogP) is 3.43. The minimum Gasteiger partial charge on any atom is -0.481 e. The first kappa shape index (κ1) is 13.1. The van der Waals surface area contributed by atoms with Crippen molar-refractivity contribution in [1.29, 1.82) is 0 Å². The van der Waals surface area contributed by atoms with Gasteiger partial charge < -0.3 is 10.4 Å². The standard InChI is InChI=1S/C15H21NO2S/c17-15(18)11-5-7-12(8-6-11)16-14(10-3-4-10)13-2-1-9-19-13/h1-2,9-12,14,16H,3-8H2,(H,17,18). The van der Waals surface area contributed by atoms with E-state index in [-0.39, 0.29) is 5.92 Å². The molecule has 0 saturated heterocycles. The monoisotopic (exact) mass is 279 g/mol. The molecule has 19 heavy (non-hydrogen) atoms.